The van der Waals surface area contributed by atoms with Crippen LogP contribution in [0.15, 0.2) is 34.9 Å². The zero-order valence-corrected chi connectivity index (χ0v) is 13.9. The first-order valence-electron chi connectivity index (χ1n) is 6.58. The fourth-order valence-electron chi connectivity index (χ4n) is 2.37. The van der Waals surface area contributed by atoms with Gasteiger partial charge in [0.2, 0.25) is 0 Å². The van der Waals surface area contributed by atoms with Crippen LogP contribution in [0.5, 0.6) is 0 Å². The van der Waals surface area contributed by atoms with Crippen LogP contribution < -0.4 is 0 Å². The third-order valence-electron chi connectivity index (χ3n) is 3.10. The van der Waals surface area contributed by atoms with E-state index in [0.717, 1.165) is 22.8 Å². The summed E-state index contributed by atoms with van der Waals surface area (Å²) in [4.78, 5) is 20.0. The first kappa shape index (κ1) is 16.1. The molecule has 0 fully saturated rings. The molecule has 0 bridgehead atoms. The van der Waals surface area contributed by atoms with Crippen LogP contribution >= 0.6 is 0 Å². The van der Waals surface area contributed by atoms with Crippen LogP contribution in [0.3, 0.4) is 0 Å². The minimum absolute atomic E-state index is 0.0259. The van der Waals surface area contributed by atoms with Gasteiger partial charge in [0.1, 0.15) is 5.82 Å². The van der Waals surface area contributed by atoms with Crippen LogP contribution in [-0.2, 0) is 4.79 Å². The van der Waals surface area contributed by atoms with Crippen LogP contribution in [0.2, 0.25) is 0 Å². The number of hydrogen-bond donors (Lipinski definition) is 0. The SMILES string of the molecule is CN(C)C1=CC(=O)C=C(N(C)C)C1=C(N(C)C)N(C)C. The van der Waals surface area contributed by atoms with Gasteiger partial charge in [-0.05, 0) is 0 Å². The summed E-state index contributed by atoms with van der Waals surface area (Å²) in [5.74, 6) is 1.09. The summed E-state index contributed by atoms with van der Waals surface area (Å²) in [6.07, 6.45) is 3.38. The van der Waals surface area contributed by atoms with Gasteiger partial charge in [0.25, 0.3) is 0 Å². The van der Waals surface area contributed by atoms with E-state index in [1.165, 1.54) is 0 Å². The maximum Gasteiger partial charge on any atom is 0.182 e. The molecule has 0 aliphatic heterocycles. The quantitative estimate of drug-likeness (QED) is 0.759. The van der Waals surface area contributed by atoms with Crippen LogP contribution in [0.4, 0.5) is 0 Å². The van der Waals surface area contributed by atoms with E-state index in [2.05, 4.69) is 9.80 Å². The number of allylic oxidation sites excluding steroid dienone is 2. The average Bonchev–Trinajstić information content (AvgIpc) is 2.29. The number of hydrogen-bond acceptors (Lipinski definition) is 5. The fourth-order valence-corrected chi connectivity index (χ4v) is 2.37. The second-order valence-electron chi connectivity index (χ2n) is 5.74. The van der Waals surface area contributed by atoms with Gasteiger partial charge in [0.05, 0.1) is 17.0 Å². The van der Waals surface area contributed by atoms with Crippen LogP contribution in [0.1, 0.15) is 0 Å². The number of carbonyl (C=O) groups excluding carboxylic acids is 1. The van der Waals surface area contributed by atoms with Crippen molar-refractivity contribution < 1.29 is 4.79 Å². The molecule has 0 saturated heterocycles. The average molecular weight is 278 g/mol. The summed E-state index contributed by atoms with van der Waals surface area (Å²) in [6, 6.07) is 0. The molecule has 0 aromatic heterocycles. The molecule has 0 atom stereocenters. The lowest BCUT2D eigenvalue weighted by Gasteiger charge is -2.35. The normalized spacial score (nSPS) is 14.6. The molecule has 20 heavy (non-hydrogen) atoms. The highest BCUT2D eigenvalue weighted by molar-refractivity contribution is 6.03. The molecule has 0 heterocycles. The van der Waals surface area contributed by atoms with Gasteiger partial charge in [0, 0.05) is 68.5 Å². The van der Waals surface area contributed by atoms with E-state index in [-0.39, 0.29) is 5.78 Å². The summed E-state index contributed by atoms with van der Waals surface area (Å²) in [5.41, 5.74) is 2.92. The molecular formula is C15H26N4O. The van der Waals surface area contributed by atoms with Crippen molar-refractivity contribution in [3.63, 3.8) is 0 Å². The first-order valence-corrected chi connectivity index (χ1v) is 6.58. The number of likely N-dealkylation sites (N-methyl/N-ethyl adjacent to an activating group) is 2. The number of carbonyl (C=O) groups is 1. The van der Waals surface area contributed by atoms with Crippen molar-refractivity contribution in [1.82, 2.24) is 19.6 Å². The molecule has 5 nitrogen and oxygen atoms in total. The molecule has 0 amide bonds. The monoisotopic (exact) mass is 278 g/mol. The Balaban J connectivity index is 3.62. The van der Waals surface area contributed by atoms with E-state index < -0.39 is 0 Å². The largest absolute Gasteiger partial charge is 0.377 e. The van der Waals surface area contributed by atoms with Gasteiger partial charge in [-0.2, -0.15) is 0 Å². The minimum Gasteiger partial charge on any atom is -0.377 e. The maximum absolute atomic E-state index is 11.9. The molecule has 1 aliphatic rings. The third kappa shape index (κ3) is 3.15. The Morgan fingerprint density at radius 2 is 1.10 bits per heavy atom. The standard InChI is InChI=1S/C15H26N4O/c1-16(2)12-9-11(20)10-13(17(3)4)14(12)15(18(5)6)19(7)8/h9-10H,1-8H3. The summed E-state index contributed by atoms with van der Waals surface area (Å²) in [5, 5.41) is 0. The second-order valence-corrected chi connectivity index (χ2v) is 5.74. The van der Waals surface area contributed by atoms with Crippen molar-refractivity contribution in [3.05, 3.63) is 34.9 Å². The molecular weight excluding hydrogens is 252 g/mol. The summed E-state index contributed by atoms with van der Waals surface area (Å²) in [6.45, 7) is 0. The van der Waals surface area contributed by atoms with Gasteiger partial charge in [-0.15, -0.1) is 0 Å². The van der Waals surface area contributed by atoms with E-state index in [0.29, 0.717) is 0 Å². The number of ketones is 1. The smallest absolute Gasteiger partial charge is 0.182 e. The van der Waals surface area contributed by atoms with Crippen molar-refractivity contribution in [3.8, 4) is 0 Å². The van der Waals surface area contributed by atoms with Crippen molar-refractivity contribution in [2.45, 2.75) is 0 Å². The molecule has 0 aromatic rings. The Morgan fingerprint density at radius 3 is 1.35 bits per heavy atom. The van der Waals surface area contributed by atoms with Crippen molar-refractivity contribution >= 4 is 5.78 Å². The molecule has 0 saturated carbocycles. The Hall–Kier alpha value is -1.91. The van der Waals surface area contributed by atoms with Gasteiger partial charge in [-0.3, -0.25) is 4.79 Å². The Kier molecular flexibility index (Phi) is 4.87. The van der Waals surface area contributed by atoms with Gasteiger partial charge in [0.15, 0.2) is 5.78 Å². The van der Waals surface area contributed by atoms with Gasteiger partial charge >= 0.3 is 0 Å². The number of nitrogens with zero attached hydrogens (tertiary/aromatic N) is 4. The zero-order chi connectivity index (χ0) is 15.6. The van der Waals surface area contributed by atoms with E-state index in [1.807, 2.05) is 66.2 Å². The lowest BCUT2D eigenvalue weighted by atomic mass is 9.98. The second kappa shape index (κ2) is 6.03. The van der Waals surface area contributed by atoms with E-state index in [4.69, 9.17) is 0 Å². The van der Waals surface area contributed by atoms with Gasteiger partial charge < -0.3 is 19.6 Å². The predicted octanol–water partition coefficient (Wildman–Crippen LogP) is 0.795. The van der Waals surface area contributed by atoms with E-state index in [1.54, 1.807) is 12.2 Å². The lowest BCUT2D eigenvalue weighted by Crippen LogP contribution is -2.33. The Labute approximate surface area is 122 Å². The number of rotatable bonds is 4. The highest BCUT2D eigenvalue weighted by Gasteiger charge is 2.26. The van der Waals surface area contributed by atoms with Crippen LogP contribution in [0, 0.1) is 0 Å². The van der Waals surface area contributed by atoms with Crippen molar-refractivity contribution in [1.29, 1.82) is 0 Å². The van der Waals surface area contributed by atoms with Crippen molar-refractivity contribution in [2.24, 2.45) is 0 Å². The Morgan fingerprint density at radius 1 is 0.750 bits per heavy atom. The Bertz CT molecular complexity index is 442. The van der Waals surface area contributed by atoms with Crippen LogP contribution in [-0.4, -0.2) is 81.8 Å². The van der Waals surface area contributed by atoms with E-state index >= 15 is 0 Å². The summed E-state index contributed by atoms with van der Waals surface area (Å²) < 4.78 is 0. The van der Waals surface area contributed by atoms with Gasteiger partial charge in [-0.1, -0.05) is 0 Å². The molecule has 1 rings (SSSR count). The highest BCUT2D eigenvalue weighted by atomic mass is 16.1. The van der Waals surface area contributed by atoms with E-state index in [9.17, 15) is 4.79 Å². The summed E-state index contributed by atoms with van der Waals surface area (Å²) in [7, 11) is 15.9. The zero-order valence-electron chi connectivity index (χ0n) is 13.9. The summed E-state index contributed by atoms with van der Waals surface area (Å²) >= 11 is 0. The van der Waals surface area contributed by atoms with Crippen molar-refractivity contribution in [2.75, 3.05) is 56.4 Å². The fraction of sp³-hybridized carbons (Fsp3) is 0.533. The first-order chi connectivity index (χ1) is 9.16. The molecule has 0 aromatic carbocycles. The molecule has 0 spiro atoms. The topological polar surface area (TPSA) is 30.0 Å². The van der Waals surface area contributed by atoms with Crippen LogP contribution in [0.25, 0.3) is 0 Å². The molecule has 0 unspecified atom stereocenters. The molecule has 112 valence electrons. The lowest BCUT2D eigenvalue weighted by molar-refractivity contribution is -0.110. The predicted molar refractivity (Wildman–Crippen MR) is 82.9 cm³/mol. The molecule has 5 heteroatoms. The highest BCUT2D eigenvalue weighted by Crippen LogP contribution is 2.31. The minimum atomic E-state index is 0.0259. The molecule has 0 N–H and O–H groups in total. The maximum atomic E-state index is 11.9. The molecule has 0 radical (unpaired) electrons. The third-order valence-corrected chi connectivity index (χ3v) is 3.10. The van der Waals surface area contributed by atoms with Gasteiger partial charge in [-0.25, -0.2) is 0 Å². The molecule has 1 aliphatic carbocycles.